The van der Waals surface area contributed by atoms with Gasteiger partial charge in [-0.1, -0.05) is 6.92 Å². The maximum atomic E-state index is 10.8. The molecule has 0 amide bonds. The Balaban J connectivity index is 1.59. The molecule has 0 spiro atoms. The van der Waals surface area contributed by atoms with E-state index < -0.39 is 0 Å². The second-order valence-electron chi connectivity index (χ2n) is 6.53. The smallest absolute Gasteiger partial charge is 0.270 e. The van der Waals surface area contributed by atoms with Crippen molar-refractivity contribution < 1.29 is 4.92 Å². The number of piperazine rings is 1. The summed E-state index contributed by atoms with van der Waals surface area (Å²) in [6, 6.07) is 8.95. The summed E-state index contributed by atoms with van der Waals surface area (Å²) in [4.78, 5) is 20.0. The molecule has 1 aromatic heterocycles. The summed E-state index contributed by atoms with van der Waals surface area (Å²) >= 11 is 0. The number of nitrogens with zero attached hydrogens (tertiary/aromatic N) is 4. The van der Waals surface area contributed by atoms with E-state index in [0.29, 0.717) is 6.04 Å². The molecule has 0 saturated carbocycles. The number of rotatable bonds is 6. The van der Waals surface area contributed by atoms with Gasteiger partial charge in [-0.25, -0.2) is 4.98 Å². The van der Waals surface area contributed by atoms with Crippen LogP contribution in [0.3, 0.4) is 0 Å². The molecule has 2 aromatic rings. The second kappa shape index (κ2) is 7.76. The van der Waals surface area contributed by atoms with E-state index in [1.165, 1.54) is 6.07 Å². The lowest BCUT2D eigenvalue weighted by Crippen LogP contribution is -2.51. The molecule has 1 N–H and O–H groups in total. The molecular formula is C18H25N5O2. The fourth-order valence-corrected chi connectivity index (χ4v) is 3.23. The lowest BCUT2D eigenvalue weighted by molar-refractivity contribution is -0.384. The molecule has 1 atom stereocenters. The molecule has 7 heteroatoms. The van der Waals surface area contributed by atoms with Crippen molar-refractivity contribution in [1.82, 2.24) is 14.8 Å². The number of hydrogen-bond donors (Lipinski definition) is 1. The molecular weight excluding hydrogens is 318 g/mol. The van der Waals surface area contributed by atoms with Crippen LogP contribution >= 0.6 is 0 Å². The van der Waals surface area contributed by atoms with Crippen LogP contribution in [0.15, 0.2) is 30.3 Å². The van der Waals surface area contributed by atoms with Crippen LogP contribution in [-0.4, -0.2) is 65.0 Å². The third-order valence-corrected chi connectivity index (χ3v) is 4.94. The minimum atomic E-state index is -0.383. The summed E-state index contributed by atoms with van der Waals surface area (Å²) in [7, 11) is 0. The third-order valence-electron chi connectivity index (χ3n) is 4.94. The van der Waals surface area contributed by atoms with E-state index in [1.807, 2.05) is 12.1 Å². The van der Waals surface area contributed by atoms with Crippen molar-refractivity contribution in [1.29, 1.82) is 0 Å². The quantitative estimate of drug-likeness (QED) is 0.642. The number of fused-ring (bicyclic) bond motifs is 1. The summed E-state index contributed by atoms with van der Waals surface area (Å²) in [5, 5.41) is 15.0. The minimum Gasteiger partial charge on any atom is -0.368 e. The monoisotopic (exact) mass is 343 g/mol. The Kier molecular flexibility index (Phi) is 5.45. The predicted molar refractivity (Wildman–Crippen MR) is 100 cm³/mol. The zero-order valence-electron chi connectivity index (χ0n) is 14.8. The van der Waals surface area contributed by atoms with Crippen LogP contribution in [0.5, 0.6) is 0 Å². The summed E-state index contributed by atoms with van der Waals surface area (Å²) in [5.74, 6) is 0.806. The lowest BCUT2D eigenvalue weighted by Gasteiger charge is -2.37. The Morgan fingerprint density at radius 2 is 2.00 bits per heavy atom. The highest BCUT2D eigenvalue weighted by Crippen LogP contribution is 2.21. The number of likely N-dealkylation sites (N-methyl/N-ethyl adjacent to an activating group) is 1. The number of nitro benzene ring substituents is 1. The lowest BCUT2D eigenvalue weighted by atomic mass is 10.2. The van der Waals surface area contributed by atoms with Gasteiger partial charge in [-0.05, 0) is 31.7 Å². The Morgan fingerprint density at radius 3 is 2.68 bits per heavy atom. The standard InChI is InChI=1S/C18H25N5O2/c1-3-21-8-10-22(11-9-21)14(2)13-19-18-7-4-15-12-16(23(24)25)5-6-17(15)20-18/h4-7,12,14H,3,8-11,13H2,1-2H3,(H,19,20)/t14-/m0/s1. The Labute approximate surface area is 147 Å². The highest BCUT2D eigenvalue weighted by Gasteiger charge is 2.20. The van der Waals surface area contributed by atoms with Crippen molar-refractivity contribution in [2.24, 2.45) is 0 Å². The van der Waals surface area contributed by atoms with Gasteiger partial charge in [-0.3, -0.25) is 15.0 Å². The molecule has 1 aliphatic heterocycles. The van der Waals surface area contributed by atoms with Crippen molar-refractivity contribution >= 4 is 22.4 Å². The largest absolute Gasteiger partial charge is 0.368 e. The van der Waals surface area contributed by atoms with Crippen LogP contribution in [0.2, 0.25) is 0 Å². The van der Waals surface area contributed by atoms with Gasteiger partial charge in [-0.2, -0.15) is 0 Å². The molecule has 134 valence electrons. The second-order valence-corrected chi connectivity index (χ2v) is 6.53. The zero-order valence-corrected chi connectivity index (χ0v) is 14.8. The van der Waals surface area contributed by atoms with Gasteiger partial charge in [0.15, 0.2) is 0 Å². The highest BCUT2D eigenvalue weighted by atomic mass is 16.6. The van der Waals surface area contributed by atoms with Crippen molar-refractivity contribution in [3.63, 3.8) is 0 Å². The maximum absolute atomic E-state index is 10.8. The first-order chi connectivity index (χ1) is 12.1. The Hall–Kier alpha value is -2.25. The molecule has 0 unspecified atom stereocenters. The van der Waals surface area contributed by atoms with Crippen LogP contribution in [0.4, 0.5) is 11.5 Å². The van der Waals surface area contributed by atoms with Gasteiger partial charge in [0.25, 0.3) is 5.69 Å². The van der Waals surface area contributed by atoms with E-state index >= 15 is 0 Å². The molecule has 2 heterocycles. The average Bonchev–Trinajstić information content (AvgIpc) is 2.65. The summed E-state index contributed by atoms with van der Waals surface area (Å²) < 4.78 is 0. The Bertz CT molecular complexity index is 743. The van der Waals surface area contributed by atoms with Crippen molar-refractivity contribution in [3.8, 4) is 0 Å². The first kappa shape index (κ1) is 17.6. The summed E-state index contributed by atoms with van der Waals surface area (Å²) in [5.41, 5.74) is 0.856. The molecule has 1 fully saturated rings. The SMILES string of the molecule is CCN1CCN([C@@H](C)CNc2ccc3cc([N+](=O)[O-])ccc3n2)CC1. The molecule has 0 bridgehead atoms. The van der Waals surface area contributed by atoms with E-state index in [0.717, 1.165) is 56.0 Å². The van der Waals surface area contributed by atoms with E-state index in [4.69, 9.17) is 0 Å². The van der Waals surface area contributed by atoms with Crippen LogP contribution in [0, 0.1) is 10.1 Å². The fourth-order valence-electron chi connectivity index (χ4n) is 3.23. The molecule has 0 aliphatic carbocycles. The normalized spacial score (nSPS) is 17.5. The summed E-state index contributed by atoms with van der Waals surface area (Å²) in [6.07, 6.45) is 0. The van der Waals surface area contributed by atoms with Crippen molar-refractivity contribution in [3.05, 3.63) is 40.4 Å². The topological polar surface area (TPSA) is 74.5 Å². The van der Waals surface area contributed by atoms with E-state index in [-0.39, 0.29) is 10.6 Å². The van der Waals surface area contributed by atoms with E-state index in [1.54, 1.807) is 12.1 Å². The van der Waals surface area contributed by atoms with Gasteiger partial charge in [-0.15, -0.1) is 0 Å². The number of non-ortho nitro benzene ring substituents is 1. The predicted octanol–water partition coefficient (Wildman–Crippen LogP) is 2.58. The van der Waals surface area contributed by atoms with Gasteiger partial charge in [0.2, 0.25) is 0 Å². The maximum Gasteiger partial charge on any atom is 0.270 e. The van der Waals surface area contributed by atoms with E-state index in [9.17, 15) is 10.1 Å². The molecule has 0 radical (unpaired) electrons. The van der Waals surface area contributed by atoms with Crippen LogP contribution in [0.25, 0.3) is 10.9 Å². The molecule has 3 rings (SSSR count). The fraction of sp³-hybridized carbons (Fsp3) is 0.500. The number of hydrogen-bond acceptors (Lipinski definition) is 6. The van der Waals surface area contributed by atoms with Gasteiger partial charge in [0.05, 0.1) is 10.4 Å². The number of benzene rings is 1. The average molecular weight is 343 g/mol. The van der Waals surface area contributed by atoms with Crippen LogP contribution in [0.1, 0.15) is 13.8 Å². The number of nitrogens with one attached hydrogen (secondary N) is 1. The van der Waals surface area contributed by atoms with Crippen LogP contribution < -0.4 is 5.32 Å². The number of nitro groups is 1. The Morgan fingerprint density at radius 1 is 1.24 bits per heavy atom. The molecule has 7 nitrogen and oxygen atoms in total. The van der Waals surface area contributed by atoms with Gasteiger partial charge in [0.1, 0.15) is 5.82 Å². The van der Waals surface area contributed by atoms with Gasteiger partial charge < -0.3 is 10.2 Å². The number of aromatic nitrogens is 1. The zero-order chi connectivity index (χ0) is 17.8. The minimum absolute atomic E-state index is 0.0925. The highest BCUT2D eigenvalue weighted by molar-refractivity contribution is 5.82. The van der Waals surface area contributed by atoms with Gasteiger partial charge >= 0.3 is 0 Å². The summed E-state index contributed by atoms with van der Waals surface area (Å²) in [6.45, 7) is 10.9. The van der Waals surface area contributed by atoms with Crippen molar-refractivity contribution in [2.75, 3.05) is 44.6 Å². The molecule has 1 aliphatic rings. The molecule has 1 saturated heterocycles. The molecule has 25 heavy (non-hydrogen) atoms. The number of pyridine rings is 1. The van der Waals surface area contributed by atoms with Gasteiger partial charge in [0, 0.05) is 56.3 Å². The molecule has 1 aromatic carbocycles. The number of anilines is 1. The van der Waals surface area contributed by atoms with Crippen molar-refractivity contribution in [2.45, 2.75) is 19.9 Å². The third kappa shape index (κ3) is 4.24. The first-order valence-electron chi connectivity index (χ1n) is 8.82. The van der Waals surface area contributed by atoms with E-state index in [2.05, 4.69) is 33.9 Å². The van der Waals surface area contributed by atoms with Crippen LogP contribution in [-0.2, 0) is 0 Å². The first-order valence-corrected chi connectivity index (χ1v) is 8.82.